The molecule has 2 unspecified atom stereocenters. The highest BCUT2D eigenvalue weighted by Crippen LogP contribution is 2.39. The fourth-order valence-corrected chi connectivity index (χ4v) is 7.01. The predicted molar refractivity (Wildman–Crippen MR) is 124 cm³/mol. The van der Waals surface area contributed by atoms with Crippen molar-refractivity contribution in [1.82, 2.24) is 9.80 Å². The zero-order valence-electron chi connectivity index (χ0n) is 16.9. The van der Waals surface area contributed by atoms with E-state index < -0.39 is 0 Å². The lowest BCUT2D eigenvalue weighted by atomic mass is 9.98. The number of fused-ring (bicyclic) bond motifs is 1. The monoisotopic (exact) mass is 458 g/mol. The third-order valence-electron chi connectivity index (χ3n) is 5.90. The second kappa shape index (κ2) is 9.32. The summed E-state index contributed by atoms with van der Waals surface area (Å²) in [7, 11) is 0. The Morgan fingerprint density at radius 2 is 2.03 bits per heavy atom. The molecule has 0 spiro atoms. The Hall–Kier alpha value is -1.51. The molecule has 2 atom stereocenters. The molecule has 1 amide bonds. The van der Waals surface area contributed by atoms with E-state index in [1.165, 1.54) is 20.2 Å². The van der Waals surface area contributed by atoms with Crippen molar-refractivity contribution in [3.05, 3.63) is 66.7 Å². The van der Waals surface area contributed by atoms with Gasteiger partial charge in [0, 0.05) is 40.9 Å². The Morgan fingerprint density at radius 3 is 2.80 bits per heavy atom. The van der Waals surface area contributed by atoms with Gasteiger partial charge in [-0.3, -0.25) is 9.69 Å². The number of amides is 1. The van der Waals surface area contributed by atoms with Crippen molar-refractivity contribution in [2.24, 2.45) is 0 Å². The first-order valence-electron chi connectivity index (χ1n) is 10.5. The van der Waals surface area contributed by atoms with Crippen molar-refractivity contribution < 1.29 is 9.53 Å². The van der Waals surface area contributed by atoms with Gasteiger partial charge in [-0.25, -0.2) is 0 Å². The van der Waals surface area contributed by atoms with Gasteiger partial charge >= 0.3 is 0 Å². The van der Waals surface area contributed by atoms with Crippen molar-refractivity contribution in [3.8, 4) is 0 Å². The fourth-order valence-electron chi connectivity index (χ4n) is 4.51. The Bertz CT molecular complexity index is 945. The average Bonchev–Trinajstić information content (AvgIpc) is 3.55. The molecular formula is C23H26N2O2S3. The molecule has 7 heteroatoms. The first kappa shape index (κ1) is 20.4. The minimum atomic E-state index is 0.0545. The normalized spacial score (nSPS) is 21.3. The number of rotatable bonds is 7. The maximum Gasteiger partial charge on any atom is 0.237 e. The van der Waals surface area contributed by atoms with E-state index in [4.69, 9.17) is 4.74 Å². The van der Waals surface area contributed by atoms with E-state index in [9.17, 15) is 4.79 Å². The van der Waals surface area contributed by atoms with Crippen LogP contribution in [-0.4, -0.2) is 48.1 Å². The molecule has 0 saturated carbocycles. The zero-order valence-corrected chi connectivity index (χ0v) is 19.3. The van der Waals surface area contributed by atoms with Crippen LogP contribution < -0.4 is 0 Å². The van der Waals surface area contributed by atoms with E-state index in [2.05, 4.69) is 56.3 Å². The second-order valence-electron chi connectivity index (χ2n) is 7.94. The van der Waals surface area contributed by atoms with Crippen LogP contribution in [0, 0.1) is 0 Å². The number of carbonyl (C=O) groups is 1. The molecule has 158 valence electrons. The van der Waals surface area contributed by atoms with Crippen LogP contribution in [0.2, 0.25) is 0 Å². The smallest absolute Gasteiger partial charge is 0.237 e. The molecule has 2 aliphatic heterocycles. The van der Waals surface area contributed by atoms with Gasteiger partial charge in [0.2, 0.25) is 5.91 Å². The molecule has 0 radical (unpaired) electrons. The first-order valence-corrected chi connectivity index (χ1v) is 13.2. The molecule has 0 N–H and O–H groups in total. The summed E-state index contributed by atoms with van der Waals surface area (Å²) in [5.41, 5.74) is 1.31. The maximum atomic E-state index is 13.6. The molecular weight excluding hydrogens is 432 g/mol. The summed E-state index contributed by atoms with van der Waals surface area (Å²) in [4.78, 5) is 22.0. The summed E-state index contributed by atoms with van der Waals surface area (Å²) in [6, 6.07) is 10.8. The Morgan fingerprint density at radius 1 is 1.13 bits per heavy atom. The molecule has 1 saturated heterocycles. The largest absolute Gasteiger partial charge is 0.377 e. The number of ether oxygens (including phenoxy) is 1. The third kappa shape index (κ3) is 4.41. The van der Waals surface area contributed by atoms with Gasteiger partial charge in [0.15, 0.2) is 0 Å². The summed E-state index contributed by atoms with van der Waals surface area (Å²) in [5.74, 6) is 0.222. The summed E-state index contributed by atoms with van der Waals surface area (Å²) < 4.78 is 5.89. The molecule has 5 rings (SSSR count). The summed E-state index contributed by atoms with van der Waals surface area (Å²) >= 11 is 5.32. The molecule has 30 heavy (non-hydrogen) atoms. The van der Waals surface area contributed by atoms with Crippen LogP contribution in [0.15, 0.2) is 46.5 Å². The minimum Gasteiger partial charge on any atom is -0.377 e. The van der Waals surface area contributed by atoms with Gasteiger partial charge in [0.05, 0.1) is 18.7 Å². The highest BCUT2D eigenvalue weighted by molar-refractivity contribution is 7.10. The Kier molecular flexibility index (Phi) is 6.34. The van der Waals surface area contributed by atoms with Crippen molar-refractivity contribution in [3.63, 3.8) is 0 Å². The van der Waals surface area contributed by atoms with Crippen molar-refractivity contribution in [2.45, 2.75) is 38.0 Å². The van der Waals surface area contributed by atoms with Crippen molar-refractivity contribution >= 4 is 39.9 Å². The number of nitrogens with zero attached hydrogens (tertiary/aromatic N) is 2. The molecule has 2 aliphatic rings. The topological polar surface area (TPSA) is 32.8 Å². The lowest BCUT2D eigenvalue weighted by Gasteiger charge is -2.37. The fraction of sp³-hybridized carbons (Fsp3) is 0.435. The molecule has 3 aromatic rings. The Labute approximate surface area is 189 Å². The quantitative estimate of drug-likeness (QED) is 0.498. The van der Waals surface area contributed by atoms with Crippen LogP contribution in [-0.2, 0) is 22.5 Å². The van der Waals surface area contributed by atoms with Gasteiger partial charge in [-0.05, 0) is 59.2 Å². The van der Waals surface area contributed by atoms with Gasteiger partial charge in [0.25, 0.3) is 0 Å². The molecule has 0 aromatic carbocycles. The van der Waals surface area contributed by atoms with Crippen LogP contribution in [0.4, 0.5) is 0 Å². The maximum absolute atomic E-state index is 13.6. The van der Waals surface area contributed by atoms with E-state index >= 15 is 0 Å². The van der Waals surface area contributed by atoms with Crippen molar-refractivity contribution in [2.75, 3.05) is 26.2 Å². The zero-order chi connectivity index (χ0) is 20.3. The van der Waals surface area contributed by atoms with E-state index in [1.807, 2.05) is 11.3 Å². The number of hydrogen-bond acceptors (Lipinski definition) is 6. The van der Waals surface area contributed by atoms with Gasteiger partial charge in [-0.2, -0.15) is 0 Å². The summed E-state index contributed by atoms with van der Waals surface area (Å²) in [5, 5.41) is 6.38. The highest BCUT2D eigenvalue weighted by Gasteiger charge is 2.34. The SMILES string of the molecule is O=C(CN(Cc1cccs1)CC1CCCO1)N1CCc2sccc2C1c1cccs1. The van der Waals surface area contributed by atoms with Crippen LogP contribution >= 0.6 is 34.0 Å². The standard InChI is InChI=1S/C23H26N2O2S3/c26-22(16-24(14-17-4-1-10-27-17)15-18-5-2-11-28-18)25-9-7-20-19(8-13-30-20)23(25)21-6-3-12-29-21/h2-3,5-6,8,11-13,17,23H,1,4,7,9-10,14-16H2. The lowest BCUT2D eigenvalue weighted by molar-refractivity contribution is -0.135. The first-order chi connectivity index (χ1) is 14.8. The van der Waals surface area contributed by atoms with Gasteiger partial charge < -0.3 is 9.64 Å². The molecule has 0 bridgehead atoms. The average molecular weight is 459 g/mol. The summed E-state index contributed by atoms with van der Waals surface area (Å²) in [6.45, 7) is 3.72. The number of carbonyl (C=O) groups excluding carboxylic acids is 1. The molecule has 5 heterocycles. The van der Waals surface area contributed by atoms with E-state index in [1.54, 1.807) is 22.7 Å². The molecule has 4 nitrogen and oxygen atoms in total. The Balaban J connectivity index is 1.35. The minimum absolute atomic E-state index is 0.0545. The highest BCUT2D eigenvalue weighted by atomic mass is 32.1. The molecule has 3 aromatic heterocycles. The lowest BCUT2D eigenvalue weighted by Crippen LogP contribution is -2.46. The number of hydrogen-bond donors (Lipinski definition) is 0. The van der Waals surface area contributed by atoms with Crippen LogP contribution in [0.5, 0.6) is 0 Å². The van der Waals surface area contributed by atoms with Crippen molar-refractivity contribution in [1.29, 1.82) is 0 Å². The molecule has 0 aliphatic carbocycles. The predicted octanol–water partition coefficient (Wildman–Crippen LogP) is 5.03. The van der Waals surface area contributed by atoms with Gasteiger partial charge in [0.1, 0.15) is 0 Å². The van der Waals surface area contributed by atoms with E-state index in [0.717, 1.165) is 45.5 Å². The molecule has 1 fully saturated rings. The van der Waals surface area contributed by atoms with Crippen LogP contribution in [0.1, 0.15) is 39.1 Å². The summed E-state index contributed by atoms with van der Waals surface area (Å²) in [6.07, 6.45) is 3.42. The van der Waals surface area contributed by atoms with Gasteiger partial charge in [-0.1, -0.05) is 12.1 Å². The van der Waals surface area contributed by atoms with E-state index in [-0.39, 0.29) is 18.1 Å². The number of thiophene rings is 3. The van der Waals surface area contributed by atoms with Crippen LogP contribution in [0.3, 0.4) is 0 Å². The van der Waals surface area contributed by atoms with Crippen LogP contribution in [0.25, 0.3) is 0 Å². The third-order valence-corrected chi connectivity index (χ3v) is 8.69. The van der Waals surface area contributed by atoms with Gasteiger partial charge in [-0.15, -0.1) is 34.0 Å². The van der Waals surface area contributed by atoms with E-state index in [0.29, 0.717) is 6.54 Å². The second-order valence-corrected chi connectivity index (χ2v) is 11.0.